The van der Waals surface area contributed by atoms with Crippen LogP contribution in [0, 0.1) is 0 Å². The van der Waals surface area contributed by atoms with Crippen molar-refractivity contribution in [2.24, 2.45) is 0 Å². The largest absolute Gasteiger partial charge is 0.462 e. The molecule has 0 spiro atoms. The van der Waals surface area contributed by atoms with Crippen molar-refractivity contribution in [3.63, 3.8) is 0 Å². The lowest BCUT2D eigenvalue weighted by atomic mass is 10.0. The molecule has 0 radical (unpaired) electrons. The van der Waals surface area contributed by atoms with Crippen molar-refractivity contribution in [1.29, 1.82) is 0 Å². The van der Waals surface area contributed by atoms with Gasteiger partial charge in [-0.1, -0.05) is 213 Å². The maximum absolute atomic E-state index is 12.7. The second-order valence-electron chi connectivity index (χ2n) is 15.7. The van der Waals surface area contributed by atoms with Crippen molar-refractivity contribution >= 4 is 17.9 Å². The van der Waals surface area contributed by atoms with Crippen molar-refractivity contribution in [3.05, 3.63) is 12.2 Å². The van der Waals surface area contributed by atoms with E-state index in [1.54, 1.807) is 0 Å². The first-order valence-corrected chi connectivity index (χ1v) is 23.2. The van der Waals surface area contributed by atoms with Crippen molar-refractivity contribution in [2.75, 3.05) is 13.2 Å². The van der Waals surface area contributed by atoms with E-state index in [9.17, 15) is 14.4 Å². The summed E-state index contributed by atoms with van der Waals surface area (Å²) in [4.78, 5) is 37.6. The van der Waals surface area contributed by atoms with E-state index in [4.69, 9.17) is 14.2 Å². The molecule has 1 unspecified atom stereocenters. The summed E-state index contributed by atoms with van der Waals surface area (Å²) in [5.41, 5.74) is 0. The van der Waals surface area contributed by atoms with E-state index in [2.05, 4.69) is 32.9 Å². The number of hydrogen-bond acceptors (Lipinski definition) is 6. The Bertz CT molecular complexity index is 824. The molecule has 0 N–H and O–H groups in total. The zero-order valence-corrected chi connectivity index (χ0v) is 35.6. The van der Waals surface area contributed by atoms with E-state index < -0.39 is 6.10 Å². The molecule has 0 rings (SSSR count). The second kappa shape index (κ2) is 42.9. The Morgan fingerprint density at radius 2 is 0.660 bits per heavy atom. The first-order valence-electron chi connectivity index (χ1n) is 23.2. The van der Waals surface area contributed by atoms with Crippen LogP contribution in [0.15, 0.2) is 12.2 Å². The molecule has 0 aromatic carbocycles. The molecular formula is C47H88O6. The Kier molecular flexibility index (Phi) is 41.4. The van der Waals surface area contributed by atoms with E-state index in [1.165, 1.54) is 161 Å². The summed E-state index contributed by atoms with van der Waals surface area (Å²) >= 11 is 0. The fourth-order valence-electron chi connectivity index (χ4n) is 6.75. The predicted octanol–water partition coefficient (Wildman–Crippen LogP) is 14.6. The highest BCUT2D eigenvalue weighted by molar-refractivity contribution is 5.71. The highest BCUT2D eigenvalue weighted by Crippen LogP contribution is 2.15. The maximum atomic E-state index is 12.7. The Labute approximate surface area is 329 Å². The van der Waals surface area contributed by atoms with Crippen molar-refractivity contribution in [3.8, 4) is 0 Å². The van der Waals surface area contributed by atoms with Crippen LogP contribution in [0.1, 0.15) is 252 Å². The third kappa shape index (κ3) is 41.2. The van der Waals surface area contributed by atoms with Crippen LogP contribution in [0.4, 0.5) is 0 Å². The lowest BCUT2D eigenvalue weighted by Gasteiger charge is -2.18. The predicted molar refractivity (Wildman–Crippen MR) is 224 cm³/mol. The lowest BCUT2D eigenvalue weighted by Crippen LogP contribution is -2.30. The Morgan fingerprint density at radius 1 is 0.358 bits per heavy atom. The van der Waals surface area contributed by atoms with E-state index in [0.29, 0.717) is 19.3 Å². The van der Waals surface area contributed by atoms with Crippen molar-refractivity contribution < 1.29 is 28.6 Å². The highest BCUT2D eigenvalue weighted by atomic mass is 16.6. The maximum Gasteiger partial charge on any atom is 0.306 e. The van der Waals surface area contributed by atoms with Crippen molar-refractivity contribution in [2.45, 2.75) is 258 Å². The number of carbonyl (C=O) groups excluding carboxylic acids is 3. The van der Waals surface area contributed by atoms with Crippen LogP contribution >= 0.6 is 0 Å². The summed E-state index contributed by atoms with van der Waals surface area (Å²) in [5.74, 6) is -0.927. The molecule has 0 bridgehead atoms. The van der Waals surface area contributed by atoms with Crippen LogP contribution in [0.5, 0.6) is 0 Å². The molecule has 0 amide bonds. The minimum Gasteiger partial charge on any atom is -0.462 e. The fourth-order valence-corrected chi connectivity index (χ4v) is 6.75. The zero-order valence-electron chi connectivity index (χ0n) is 35.6. The molecule has 6 heteroatoms. The Hall–Kier alpha value is -1.85. The van der Waals surface area contributed by atoms with E-state index in [0.717, 1.165) is 44.9 Å². The van der Waals surface area contributed by atoms with Crippen LogP contribution in [-0.2, 0) is 28.6 Å². The van der Waals surface area contributed by atoms with E-state index in [1.807, 2.05) is 0 Å². The summed E-state index contributed by atoms with van der Waals surface area (Å²) in [6.45, 7) is 6.57. The van der Waals surface area contributed by atoms with Crippen LogP contribution in [-0.4, -0.2) is 37.2 Å². The molecule has 1 atom stereocenters. The summed E-state index contributed by atoms with van der Waals surface area (Å²) in [7, 11) is 0. The Balaban J connectivity index is 4.30. The van der Waals surface area contributed by atoms with Gasteiger partial charge in [-0.15, -0.1) is 0 Å². The van der Waals surface area contributed by atoms with Gasteiger partial charge in [0, 0.05) is 19.3 Å². The molecule has 0 heterocycles. The van der Waals surface area contributed by atoms with Crippen LogP contribution in [0.3, 0.4) is 0 Å². The van der Waals surface area contributed by atoms with Gasteiger partial charge >= 0.3 is 17.9 Å². The summed E-state index contributed by atoms with van der Waals surface area (Å²) in [6, 6.07) is 0. The SMILES string of the molecule is CCCCCCCCCCCCCC=CCCC(=O)OCC(COC(=O)CCCCCCCCC)OC(=O)CCCCCCCCCCCCCCC. The smallest absolute Gasteiger partial charge is 0.306 e. The minimum atomic E-state index is -0.775. The molecule has 0 aliphatic rings. The van der Waals surface area contributed by atoms with Gasteiger partial charge in [0.2, 0.25) is 0 Å². The molecule has 6 nitrogen and oxygen atoms in total. The van der Waals surface area contributed by atoms with Gasteiger partial charge in [-0.25, -0.2) is 0 Å². The molecule has 312 valence electrons. The number of allylic oxidation sites excluding steroid dienone is 2. The summed E-state index contributed by atoms with van der Waals surface area (Å²) in [5, 5.41) is 0. The van der Waals surface area contributed by atoms with Gasteiger partial charge < -0.3 is 14.2 Å². The van der Waals surface area contributed by atoms with E-state index >= 15 is 0 Å². The third-order valence-electron chi connectivity index (χ3n) is 10.3. The molecule has 0 fully saturated rings. The molecular weight excluding hydrogens is 661 g/mol. The normalized spacial score (nSPS) is 12.0. The van der Waals surface area contributed by atoms with E-state index in [-0.39, 0.29) is 37.5 Å². The van der Waals surface area contributed by atoms with Gasteiger partial charge in [0.1, 0.15) is 13.2 Å². The molecule has 0 aliphatic heterocycles. The average molecular weight is 749 g/mol. The number of esters is 3. The zero-order chi connectivity index (χ0) is 38.7. The first-order chi connectivity index (χ1) is 26.0. The van der Waals surface area contributed by atoms with Crippen molar-refractivity contribution in [1.82, 2.24) is 0 Å². The topological polar surface area (TPSA) is 78.9 Å². The van der Waals surface area contributed by atoms with Crippen LogP contribution in [0.25, 0.3) is 0 Å². The molecule has 0 aromatic heterocycles. The van der Waals surface area contributed by atoms with Gasteiger partial charge in [-0.05, 0) is 32.1 Å². The standard InChI is InChI=1S/C47H88O6/c1-4-7-10-13-16-18-20-22-23-25-26-28-31-34-37-40-46(49)52-43-44(42-51-45(48)39-36-33-30-15-12-9-6-3)53-47(50)41-38-35-32-29-27-24-21-19-17-14-11-8-5-2/h31,34,44H,4-30,32-33,35-43H2,1-3H3. The molecule has 53 heavy (non-hydrogen) atoms. The molecule has 0 saturated carbocycles. The monoisotopic (exact) mass is 749 g/mol. The number of rotatable bonds is 42. The van der Waals surface area contributed by atoms with Crippen LogP contribution < -0.4 is 0 Å². The van der Waals surface area contributed by atoms with Crippen LogP contribution in [0.2, 0.25) is 0 Å². The van der Waals surface area contributed by atoms with Gasteiger partial charge in [-0.3, -0.25) is 14.4 Å². The first kappa shape index (κ1) is 51.1. The Morgan fingerprint density at radius 3 is 1.06 bits per heavy atom. The lowest BCUT2D eigenvalue weighted by molar-refractivity contribution is -0.166. The number of hydrogen-bond donors (Lipinski definition) is 0. The third-order valence-corrected chi connectivity index (χ3v) is 10.3. The summed E-state index contributed by atoms with van der Waals surface area (Å²) < 4.78 is 16.6. The number of unbranched alkanes of at least 4 members (excludes halogenated alkanes) is 29. The average Bonchev–Trinajstić information content (AvgIpc) is 3.15. The highest BCUT2D eigenvalue weighted by Gasteiger charge is 2.19. The number of ether oxygens (including phenoxy) is 3. The second-order valence-corrected chi connectivity index (χ2v) is 15.7. The minimum absolute atomic E-state index is 0.0776. The van der Waals surface area contributed by atoms with Gasteiger partial charge in [0.15, 0.2) is 6.10 Å². The molecule has 0 aromatic rings. The molecule has 0 aliphatic carbocycles. The van der Waals surface area contributed by atoms with Gasteiger partial charge in [0.25, 0.3) is 0 Å². The quantitative estimate of drug-likeness (QED) is 0.0268. The fraction of sp³-hybridized carbons (Fsp3) is 0.894. The van der Waals surface area contributed by atoms with Gasteiger partial charge in [0.05, 0.1) is 0 Å². The molecule has 0 saturated heterocycles. The number of carbonyl (C=O) groups is 3. The summed E-state index contributed by atoms with van der Waals surface area (Å²) in [6.07, 6.45) is 45.0. The van der Waals surface area contributed by atoms with Gasteiger partial charge in [-0.2, -0.15) is 0 Å².